The van der Waals surface area contributed by atoms with Crippen LogP contribution in [0.2, 0.25) is 0 Å². The third-order valence-electron chi connectivity index (χ3n) is 6.06. The summed E-state index contributed by atoms with van der Waals surface area (Å²) < 4.78 is 27.7. The Hall–Kier alpha value is -4.34. The minimum Gasteiger partial charge on any atom is -0.331 e. The second-order valence-corrected chi connectivity index (χ2v) is 8.56. The first-order valence-electron chi connectivity index (χ1n) is 11.2. The number of piperidine rings is 1. The Bertz CT molecular complexity index is 1570. The highest BCUT2D eigenvalue weighted by molar-refractivity contribution is 5.96. The summed E-state index contributed by atoms with van der Waals surface area (Å²) in [4.78, 5) is 32.4. The molecule has 1 N–H and O–H groups in total. The van der Waals surface area contributed by atoms with Gasteiger partial charge in [-0.05, 0) is 18.6 Å². The van der Waals surface area contributed by atoms with E-state index >= 15 is 0 Å². The molecule has 0 spiro atoms. The summed E-state index contributed by atoms with van der Waals surface area (Å²) in [7, 11) is 0. The average Bonchev–Trinajstić information content (AvgIpc) is 3.35. The zero-order valence-corrected chi connectivity index (χ0v) is 18.4. The summed E-state index contributed by atoms with van der Waals surface area (Å²) in [5.74, 6) is -3.43. The van der Waals surface area contributed by atoms with Crippen molar-refractivity contribution in [1.29, 1.82) is 0 Å². The van der Waals surface area contributed by atoms with E-state index in [0.717, 1.165) is 21.4 Å². The fourth-order valence-corrected chi connectivity index (χ4v) is 4.34. The standard InChI is InChI=1S/C25H19F2N7O/c26-25(27)7-4-8-34(14-25)24(35)19-10-18-20(13-28-19)32-21(15-5-2-1-3-6-15)22(31-18)16-9-17-12-30-33-23(17)29-11-16/h1-3,5-6,9-13H,4,7-8,14H2,(H,29,30,33). The Labute approximate surface area is 198 Å². The predicted octanol–water partition coefficient (Wildman–Crippen LogP) is 4.50. The maximum absolute atomic E-state index is 13.9. The van der Waals surface area contributed by atoms with Gasteiger partial charge in [0.25, 0.3) is 11.8 Å². The van der Waals surface area contributed by atoms with Crippen LogP contribution >= 0.6 is 0 Å². The number of rotatable bonds is 3. The molecular formula is C25H19F2N7O. The second-order valence-electron chi connectivity index (χ2n) is 8.56. The van der Waals surface area contributed by atoms with Crippen molar-refractivity contribution >= 4 is 28.0 Å². The molecule has 1 aliphatic rings. The fourth-order valence-electron chi connectivity index (χ4n) is 4.34. The van der Waals surface area contributed by atoms with E-state index in [2.05, 4.69) is 20.2 Å². The van der Waals surface area contributed by atoms with Gasteiger partial charge in [0.2, 0.25) is 0 Å². The molecule has 35 heavy (non-hydrogen) atoms. The van der Waals surface area contributed by atoms with Crippen molar-refractivity contribution < 1.29 is 13.6 Å². The molecule has 6 rings (SSSR count). The van der Waals surface area contributed by atoms with Gasteiger partial charge in [0.05, 0.1) is 35.8 Å². The summed E-state index contributed by atoms with van der Waals surface area (Å²) in [6, 6.07) is 13.0. The first kappa shape index (κ1) is 21.2. The van der Waals surface area contributed by atoms with Gasteiger partial charge in [-0.15, -0.1) is 0 Å². The second kappa shape index (κ2) is 8.15. The molecule has 5 aromatic rings. The third kappa shape index (κ3) is 3.96. The van der Waals surface area contributed by atoms with Gasteiger partial charge in [-0.2, -0.15) is 5.10 Å². The normalized spacial score (nSPS) is 15.5. The molecule has 0 saturated carbocycles. The van der Waals surface area contributed by atoms with E-state index in [1.807, 2.05) is 36.4 Å². The third-order valence-corrected chi connectivity index (χ3v) is 6.06. The van der Waals surface area contributed by atoms with Crippen LogP contribution in [0.25, 0.3) is 44.6 Å². The van der Waals surface area contributed by atoms with E-state index in [1.54, 1.807) is 12.4 Å². The first-order valence-corrected chi connectivity index (χ1v) is 11.2. The Morgan fingerprint density at radius 3 is 2.57 bits per heavy atom. The van der Waals surface area contributed by atoms with Crippen LogP contribution < -0.4 is 0 Å². The molecule has 5 heterocycles. The zero-order chi connectivity index (χ0) is 24.0. The van der Waals surface area contributed by atoms with Crippen LogP contribution in [-0.4, -0.2) is 60.0 Å². The fraction of sp³-hybridized carbons (Fsp3) is 0.200. The minimum atomic E-state index is -2.89. The molecule has 10 heteroatoms. The van der Waals surface area contributed by atoms with Crippen molar-refractivity contribution in [2.24, 2.45) is 0 Å². The number of hydrogen-bond acceptors (Lipinski definition) is 6. The van der Waals surface area contributed by atoms with Crippen molar-refractivity contribution in [2.45, 2.75) is 18.8 Å². The molecular weight excluding hydrogens is 452 g/mol. The summed E-state index contributed by atoms with van der Waals surface area (Å²) in [5, 5.41) is 7.67. The molecule has 1 saturated heterocycles. The van der Waals surface area contributed by atoms with Gasteiger partial charge >= 0.3 is 0 Å². The number of carbonyl (C=O) groups is 1. The molecule has 1 aliphatic heterocycles. The smallest absolute Gasteiger partial charge is 0.272 e. The van der Waals surface area contributed by atoms with Crippen LogP contribution in [-0.2, 0) is 0 Å². The lowest BCUT2D eigenvalue weighted by Gasteiger charge is -2.32. The Morgan fingerprint density at radius 2 is 1.74 bits per heavy atom. The number of alkyl halides is 2. The van der Waals surface area contributed by atoms with Crippen molar-refractivity contribution in [3.05, 3.63) is 66.7 Å². The first-order chi connectivity index (χ1) is 17.0. The van der Waals surface area contributed by atoms with E-state index in [-0.39, 0.29) is 25.1 Å². The average molecular weight is 471 g/mol. The summed E-state index contributed by atoms with van der Waals surface area (Å²) in [6.45, 7) is -0.333. The Morgan fingerprint density at radius 1 is 0.943 bits per heavy atom. The maximum atomic E-state index is 13.9. The van der Waals surface area contributed by atoms with Gasteiger partial charge in [0, 0.05) is 35.7 Å². The summed E-state index contributed by atoms with van der Waals surface area (Å²) >= 11 is 0. The van der Waals surface area contributed by atoms with E-state index < -0.39 is 18.4 Å². The molecule has 0 unspecified atom stereocenters. The molecule has 0 bridgehead atoms. The number of nitrogens with one attached hydrogen (secondary N) is 1. The largest absolute Gasteiger partial charge is 0.331 e. The number of aromatic nitrogens is 6. The summed E-state index contributed by atoms with van der Waals surface area (Å²) in [6.07, 6.45) is 4.86. The van der Waals surface area contributed by atoms with Gasteiger partial charge in [-0.3, -0.25) is 9.89 Å². The number of hydrogen-bond donors (Lipinski definition) is 1. The zero-order valence-electron chi connectivity index (χ0n) is 18.4. The number of amides is 1. The lowest BCUT2D eigenvalue weighted by molar-refractivity contribution is -0.0561. The van der Waals surface area contributed by atoms with Gasteiger partial charge in [0.15, 0.2) is 5.65 Å². The van der Waals surface area contributed by atoms with Gasteiger partial charge in [-0.1, -0.05) is 30.3 Å². The molecule has 1 aromatic carbocycles. The molecule has 1 amide bonds. The molecule has 174 valence electrons. The van der Waals surface area contributed by atoms with Crippen LogP contribution in [0, 0.1) is 0 Å². The Balaban J connectivity index is 1.48. The Kier molecular flexibility index (Phi) is 4.94. The number of likely N-dealkylation sites (tertiary alicyclic amines) is 1. The van der Waals surface area contributed by atoms with E-state index in [9.17, 15) is 13.6 Å². The number of aromatic amines is 1. The quantitative estimate of drug-likeness (QED) is 0.416. The highest BCUT2D eigenvalue weighted by Gasteiger charge is 2.37. The molecule has 0 atom stereocenters. The molecule has 8 nitrogen and oxygen atoms in total. The van der Waals surface area contributed by atoms with Crippen LogP contribution in [0.15, 0.2) is 61.1 Å². The molecule has 0 aliphatic carbocycles. The number of benzene rings is 1. The van der Waals surface area contributed by atoms with Gasteiger partial charge in [-0.25, -0.2) is 28.7 Å². The van der Waals surface area contributed by atoms with Crippen LogP contribution in [0.1, 0.15) is 23.3 Å². The van der Waals surface area contributed by atoms with Gasteiger partial charge in [0.1, 0.15) is 11.2 Å². The van der Waals surface area contributed by atoms with Crippen molar-refractivity contribution in [3.63, 3.8) is 0 Å². The highest BCUT2D eigenvalue weighted by Crippen LogP contribution is 2.32. The van der Waals surface area contributed by atoms with Crippen LogP contribution in [0.4, 0.5) is 8.78 Å². The van der Waals surface area contributed by atoms with E-state index in [1.165, 1.54) is 12.3 Å². The number of nitrogens with zero attached hydrogens (tertiary/aromatic N) is 6. The monoisotopic (exact) mass is 471 g/mol. The van der Waals surface area contributed by atoms with Gasteiger partial charge < -0.3 is 4.90 Å². The van der Waals surface area contributed by atoms with E-state index in [4.69, 9.17) is 9.97 Å². The van der Waals surface area contributed by atoms with Crippen molar-refractivity contribution in [1.82, 2.24) is 35.0 Å². The van der Waals surface area contributed by atoms with Crippen molar-refractivity contribution in [2.75, 3.05) is 13.1 Å². The highest BCUT2D eigenvalue weighted by atomic mass is 19.3. The number of H-pyrrole nitrogens is 1. The number of halogens is 2. The van der Waals surface area contributed by atoms with Crippen molar-refractivity contribution in [3.8, 4) is 22.5 Å². The van der Waals surface area contributed by atoms with Crippen LogP contribution in [0.3, 0.4) is 0 Å². The SMILES string of the molecule is O=C(c1cc2nc(-c3cnc4[nH]ncc4c3)c(-c3ccccc3)nc2cn1)N1CCCC(F)(F)C1. The lowest BCUT2D eigenvalue weighted by atomic mass is 10.0. The van der Waals surface area contributed by atoms with Crippen LogP contribution in [0.5, 0.6) is 0 Å². The summed E-state index contributed by atoms with van der Waals surface area (Å²) in [5.41, 5.74) is 4.45. The predicted molar refractivity (Wildman–Crippen MR) is 126 cm³/mol. The number of pyridine rings is 2. The minimum absolute atomic E-state index is 0.0614. The molecule has 0 radical (unpaired) electrons. The topological polar surface area (TPSA) is 101 Å². The lowest BCUT2D eigenvalue weighted by Crippen LogP contribution is -2.45. The number of carbonyl (C=O) groups excluding carboxylic acids is 1. The van der Waals surface area contributed by atoms with E-state index in [0.29, 0.717) is 28.1 Å². The molecule has 1 fully saturated rings. The molecule has 4 aromatic heterocycles. The number of fused-ring (bicyclic) bond motifs is 2. The maximum Gasteiger partial charge on any atom is 0.272 e.